The molecule has 1 aliphatic carbocycles. The lowest BCUT2D eigenvalue weighted by molar-refractivity contribution is 0.0476. The van der Waals surface area contributed by atoms with Crippen molar-refractivity contribution in [1.82, 2.24) is 0 Å². The van der Waals surface area contributed by atoms with E-state index in [0.717, 1.165) is 43.4 Å². The molecule has 0 amide bonds. The van der Waals surface area contributed by atoms with E-state index in [2.05, 4.69) is 13.0 Å². The number of methoxy groups -OCH3 is 1. The molecule has 0 spiro atoms. The Kier molecular flexibility index (Phi) is 3.20. The predicted molar refractivity (Wildman–Crippen MR) is 64.9 cm³/mol. The summed E-state index contributed by atoms with van der Waals surface area (Å²) in [6.07, 6.45) is 4.85. The molecule has 1 aromatic carbocycles. The monoisotopic (exact) mass is 220 g/mol. The van der Waals surface area contributed by atoms with Gasteiger partial charge in [0.05, 0.1) is 12.7 Å². The van der Waals surface area contributed by atoms with Crippen LogP contribution < -0.4 is 4.74 Å². The van der Waals surface area contributed by atoms with Gasteiger partial charge in [-0.3, -0.25) is 0 Å². The Morgan fingerprint density at radius 1 is 1.31 bits per heavy atom. The van der Waals surface area contributed by atoms with E-state index in [9.17, 15) is 5.11 Å². The fourth-order valence-corrected chi connectivity index (χ4v) is 2.61. The second kappa shape index (κ2) is 4.46. The minimum absolute atomic E-state index is 0.499. The van der Waals surface area contributed by atoms with Crippen LogP contribution in [0.25, 0.3) is 0 Å². The molecule has 1 N–H and O–H groups in total. The molecule has 0 bridgehead atoms. The van der Waals surface area contributed by atoms with Crippen LogP contribution in [0.5, 0.6) is 5.75 Å². The summed E-state index contributed by atoms with van der Waals surface area (Å²) in [4.78, 5) is 0. The van der Waals surface area contributed by atoms with Crippen LogP contribution in [0.2, 0.25) is 0 Å². The lowest BCUT2D eigenvalue weighted by Crippen LogP contribution is -2.27. The van der Waals surface area contributed by atoms with Crippen molar-refractivity contribution in [3.05, 3.63) is 29.3 Å². The lowest BCUT2D eigenvalue weighted by Gasteiger charge is -2.23. The minimum Gasteiger partial charge on any atom is -0.496 e. The highest BCUT2D eigenvalue weighted by Gasteiger charge is 2.31. The topological polar surface area (TPSA) is 29.5 Å². The first-order chi connectivity index (χ1) is 7.63. The average molecular weight is 220 g/mol. The van der Waals surface area contributed by atoms with Crippen molar-refractivity contribution in [3.8, 4) is 5.75 Å². The van der Waals surface area contributed by atoms with Crippen LogP contribution in [-0.2, 0) is 6.42 Å². The molecule has 16 heavy (non-hydrogen) atoms. The van der Waals surface area contributed by atoms with Gasteiger partial charge in [-0.2, -0.15) is 0 Å². The Hall–Kier alpha value is -1.02. The summed E-state index contributed by atoms with van der Waals surface area (Å²) in [6, 6.07) is 6.15. The Morgan fingerprint density at radius 2 is 2.00 bits per heavy atom. The van der Waals surface area contributed by atoms with Gasteiger partial charge in [0.2, 0.25) is 0 Å². The molecule has 0 atom stereocenters. The molecule has 88 valence electrons. The van der Waals surface area contributed by atoms with Crippen molar-refractivity contribution < 1.29 is 9.84 Å². The van der Waals surface area contributed by atoms with Crippen molar-refractivity contribution in [2.75, 3.05) is 7.11 Å². The van der Waals surface area contributed by atoms with Crippen LogP contribution in [0.15, 0.2) is 18.2 Å². The lowest BCUT2D eigenvalue weighted by atomic mass is 9.92. The quantitative estimate of drug-likeness (QED) is 0.848. The zero-order valence-corrected chi connectivity index (χ0v) is 10.1. The molecule has 1 fully saturated rings. The average Bonchev–Trinajstić information content (AvgIpc) is 2.65. The maximum Gasteiger partial charge on any atom is 0.122 e. The first-order valence-electron chi connectivity index (χ1n) is 5.99. The summed E-state index contributed by atoms with van der Waals surface area (Å²) in [6.45, 7) is 2.07. The molecule has 2 rings (SSSR count). The van der Waals surface area contributed by atoms with Gasteiger partial charge in [-0.05, 0) is 31.4 Å². The Balaban J connectivity index is 2.22. The zero-order chi connectivity index (χ0) is 11.6. The SMILES string of the molecule is COc1ccc(C)cc1CC1(O)CCCC1. The molecule has 0 radical (unpaired) electrons. The first-order valence-corrected chi connectivity index (χ1v) is 5.99. The fourth-order valence-electron chi connectivity index (χ4n) is 2.61. The summed E-state index contributed by atoms with van der Waals surface area (Å²) in [7, 11) is 1.69. The van der Waals surface area contributed by atoms with E-state index >= 15 is 0 Å². The molecular formula is C14H20O2. The summed E-state index contributed by atoms with van der Waals surface area (Å²) in [5, 5.41) is 10.4. The van der Waals surface area contributed by atoms with Crippen LogP contribution in [-0.4, -0.2) is 17.8 Å². The molecule has 0 aliphatic heterocycles. The van der Waals surface area contributed by atoms with Gasteiger partial charge in [0.1, 0.15) is 5.75 Å². The van der Waals surface area contributed by atoms with Crippen molar-refractivity contribution in [2.45, 2.75) is 44.6 Å². The van der Waals surface area contributed by atoms with E-state index in [1.165, 1.54) is 5.56 Å². The van der Waals surface area contributed by atoms with E-state index in [0.29, 0.717) is 0 Å². The van der Waals surface area contributed by atoms with Crippen LogP contribution in [0.4, 0.5) is 0 Å². The molecule has 0 aromatic heterocycles. The number of aliphatic hydroxyl groups is 1. The largest absolute Gasteiger partial charge is 0.496 e. The number of hydrogen-bond donors (Lipinski definition) is 1. The third-order valence-electron chi connectivity index (χ3n) is 3.49. The van der Waals surface area contributed by atoms with Gasteiger partial charge in [0.25, 0.3) is 0 Å². The maximum atomic E-state index is 10.4. The van der Waals surface area contributed by atoms with Crippen LogP contribution in [0.1, 0.15) is 36.8 Å². The maximum absolute atomic E-state index is 10.4. The molecule has 2 nitrogen and oxygen atoms in total. The van der Waals surface area contributed by atoms with Gasteiger partial charge < -0.3 is 9.84 Å². The predicted octanol–water partition coefficient (Wildman–Crippen LogP) is 2.85. The number of rotatable bonds is 3. The fraction of sp³-hybridized carbons (Fsp3) is 0.571. The van der Waals surface area contributed by atoms with Crippen LogP contribution in [0, 0.1) is 6.92 Å². The third-order valence-corrected chi connectivity index (χ3v) is 3.49. The van der Waals surface area contributed by atoms with E-state index < -0.39 is 5.60 Å². The van der Waals surface area contributed by atoms with Crippen molar-refractivity contribution in [1.29, 1.82) is 0 Å². The molecule has 1 aliphatic rings. The Morgan fingerprint density at radius 3 is 2.62 bits per heavy atom. The number of benzene rings is 1. The van der Waals surface area contributed by atoms with Crippen LogP contribution >= 0.6 is 0 Å². The number of aryl methyl sites for hydroxylation is 1. The molecular weight excluding hydrogens is 200 g/mol. The van der Waals surface area contributed by atoms with Crippen molar-refractivity contribution in [2.24, 2.45) is 0 Å². The van der Waals surface area contributed by atoms with Gasteiger partial charge in [0.15, 0.2) is 0 Å². The van der Waals surface area contributed by atoms with Gasteiger partial charge in [-0.25, -0.2) is 0 Å². The highest BCUT2D eigenvalue weighted by Crippen LogP contribution is 2.35. The van der Waals surface area contributed by atoms with Crippen molar-refractivity contribution >= 4 is 0 Å². The highest BCUT2D eigenvalue weighted by molar-refractivity contribution is 5.38. The van der Waals surface area contributed by atoms with E-state index in [4.69, 9.17) is 4.74 Å². The molecule has 0 heterocycles. The summed E-state index contributed by atoms with van der Waals surface area (Å²) in [5.74, 6) is 0.894. The summed E-state index contributed by atoms with van der Waals surface area (Å²) in [5.41, 5.74) is 1.85. The zero-order valence-electron chi connectivity index (χ0n) is 10.1. The molecule has 1 saturated carbocycles. The first kappa shape index (κ1) is 11.5. The van der Waals surface area contributed by atoms with Gasteiger partial charge in [-0.15, -0.1) is 0 Å². The Labute approximate surface area is 97.3 Å². The highest BCUT2D eigenvalue weighted by atomic mass is 16.5. The van der Waals surface area contributed by atoms with Crippen LogP contribution in [0.3, 0.4) is 0 Å². The molecule has 2 heteroatoms. The van der Waals surface area contributed by atoms with E-state index in [1.807, 2.05) is 12.1 Å². The van der Waals surface area contributed by atoms with Gasteiger partial charge >= 0.3 is 0 Å². The molecule has 0 unspecified atom stereocenters. The second-order valence-electron chi connectivity index (χ2n) is 4.92. The van der Waals surface area contributed by atoms with E-state index in [1.54, 1.807) is 7.11 Å². The third kappa shape index (κ3) is 2.38. The van der Waals surface area contributed by atoms with E-state index in [-0.39, 0.29) is 0 Å². The Bertz CT molecular complexity index is 365. The smallest absolute Gasteiger partial charge is 0.122 e. The number of ether oxygens (including phenoxy) is 1. The molecule has 0 saturated heterocycles. The minimum atomic E-state index is -0.499. The normalized spacial score (nSPS) is 18.7. The summed E-state index contributed by atoms with van der Waals surface area (Å²) >= 11 is 0. The number of hydrogen-bond acceptors (Lipinski definition) is 2. The standard InChI is InChI=1S/C14H20O2/c1-11-5-6-13(16-2)12(9-11)10-14(15)7-3-4-8-14/h5-6,9,15H,3-4,7-8,10H2,1-2H3. The van der Waals surface area contributed by atoms with Gasteiger partial charge in [0, 0.05) is 6.42 Å². The molecule has 1 aromatic rings. The van der Waals surface area contributed by atoms with Gasteiger partial charge in [-0.1, -0.05) is 30.5 Å². The second-order valence-corrected chi connectivity index (χ2v) is 4.92. The van der Waals surface area contributed by atoms with Crippen molar-refractivity contribution in [3.63, 3.8) is 0 Å². The summed E-state index contributed by atoms with van der Waals surface area (Å²) < 4.78 is 5.34.